The Balaban J connectivity index is 2.46. The molecule has 1 heterocycles. The maximum atomic E-state index is 3.43. The molecular formula is C13H28N2. The summed E-state index contributed by atoms with van der Waals surface area (Å²) in [6.07, 6.45) is 2.60. The van der Waals surface area contributed by atoms with E-state index in [-0.39, 0.29) is 0 Å². The van der Waals surface area contributed by atoms with Crippen molar-refractivity contribution in [1.82, 2.24) is 10.2 Å². The van der Waals surface area contributed by atoms with Gasteiger partial charge in [-0.1, -0.05) is 27.2 Å². The Labute approximate surface area is 95.4 Å². The minimum atomic E-state index is 0.727. The first-order valence-electron chi connectivity index (χ1n) is 6.51. The van der Waals surface area contributed by atoms with Crippen LogP contribution >= 0.6 is 0 Å². The number of likely N-dealkylation sites (tertiary alicyclic amines) is 1. The minimum absolute atomic E-state index is 0.727. The van der Waals surface area contributed by atoms with Gasteiger partial charge in [-0.3, -0.25) is 0 Å². The van der Waals surface area contributed by atoms with Gasteiger partial charge in [0.05, 0.1) is 0 Å². The summed E-state index contributed by atoms with van der Waals surface area (Å²) in [5, 5.41) is 3.43. The van der Waals surface area contributed by atoms with Crippen molar-refractivity contribution in [1.29, 1.82) is 0 Å². The molecule has 0 bridgehead atoms. The molecule has 0 amide bonds. The Bertz CT molecular complexity index is 181. The zero-order valence-corrected chi connectivity index (χ0v) is 11.1. The molecule has 2 heteroatoms. The molecular weight excluding hydrogens is 184 g/mol. The van der Waals surface area contributed by atoms with Crippen LogP contribution in [0.3, 0.4) is 0 Å². The van der Waals surface area contributed by atoms with E-state index < -0.39 is 0 Å². The topological polar surface area (TPSA) is 15.3 Å². The Morgan fingerprint density at radius 3 is 2.53 bits per heavy atom. The first kappa shape index (κ1) is 13.0. The van der Waals surface area contributed by atoms with Crippen molar-refractivity contribution in [3.63, 3.8) is 0 Å². The summed E-state index contributed by atoms with van der Waals surface area (Å²) in [7, 11) is 2.09. The third-order valence-corrected chi connectivity index (χ3v) is 4.35. The average Bonchev–Trinajstić information content (AvgIpc) is 2.26. The molecule has 4 atom stereocenters. The maximum absolute atomic E-state index is 3.43. The van der Waals surface area contributed by atoms with E-state index in [0.717, 1.165) is 23.9 Å². The Hall–Kier alpha value is -0.0800. The Kier molecular flexibility index (Phi) is 5.07. The van der Waals surface area contributed by atoms with Crippen LogP contribution in [-0.2, 0) is 0 Å². The number of hydrogen-bond donors (Lipinski definition) is 1. The molecule has 15 heavy (non-hydrogen) atoms. The van der Waals surface area contributed by atoms with E-state index in [1.165, 1.54) is 25.9 Å². The van der Waals surface area contributed by atoms with Crippen molar-refractivity contribution in [2.75, 3.05) is 20.1 Å². The normalized spacial score (nSPS) is 32.6. The van der Waals surface area contributed by atoms with Gasteiger partial charge in [0.2, 0.25) is 0 Å². The number of hydrogen-bond acceptors (Lipinski definition) is 2. The van der Waals surface area contributed by atoms with Crippen molar-refractivity contribution in [2.24, 2.45) is 11.8 Å². The highest BCUT2D eigenvalue weighted by atomic mass is 15.2. The van der Waals surface area contributed by atoms with Crippen LogP contribution < -0.4 is 5.32 Å². The maximum Gasteiger partial charge on any atom is 0.0114 e. The molecule has 0 spiro atoms. The van der Waals surface area contributed by atoms with Crippen molar-refractivity contribution in [2.45, 2.75) is 52.6 Å². The second-order valence-corrected chi connectivity index (χ2v) is 5.28. The van der Waals surface area contributed by atoms with E-state index in [4.69, 9.17) is 0 Å². The van der Waals surface area contributed by atoms with Crippen molar-refractivity contribution in [3.05, 3.63) is 0 Å². The summed E-state index contributed by atoms with van der Waals surface area (Å²) < 4.78 is 0. The third kappa shape index (κ3) is 3.18. The molecule has 0 radical (unpaired) electrons. The van der Waals surface area contributed by atoms with E-state index in [2.05, 4.69) is 45.0 Å². The van der Waals surface area contributed by atoms with Crippen LogP contribution in [0.2, 0.25) is 0 Å². The molecule has 4 unspecified atom stereocenters. The lowest BCUT2D eigenvalue weighted by Gasteiger charge is -2.41. The molecule has 1 aliphatic heterocycles. The van der Waals surface area contributed by atoms with Crippen LogP contribution in [0.4, 0.5) is 0 Å². The van der Waals surface area contributed by atoms with Crippen LogP contribution in [0.25, 0.3) is 0 Å². The van der Waals surface area contributed by atoms with Crippen LogP contribution in [0.1, 0.15) is 40.5 Å². The van der Waals surface area contributed by atoms with Gasteiger partial charge in [0, 0.05) is 18.6 Å². The Morgan fingerprint density at radius 2 is 2.07 bits per heavy atom. The molecule has 0 saturated carbocycles. The summed E-state index contributed by atoms with van der Waals surface area (Å²) in [4.78, 5) is 2.67. The highest BCUT2D eigenvalue weighted by molar-refractivity contribution is 4.85. The smallest absolute Gasteiger partial charge is 0.0114 e. The predicted octanol–water partition coefficient (Wildman–Crippen LogP) is 2.35. The minimum Gasteiger partial charge on any atom is -0.317 e. The van der Waals surface area contributed by atoms with E-state index in [1.54, 1.807) is 0 Å². The molecule has 1 N–H and O–H groups in total. The molecule has 1 rings (SSSR count). The van der Waals surface area contributed by atoms with Gasteiger partial charge in [-0.2, -0.15) is 0 Å². The van der Waals surface area contributed by atoms with Gasteiger partial charge in [0.15, 0.2) is 0 Å². The van der Waals surface area contributed by atoms with Gasteiger partial charge in [-0.05, 0) is 38.8 Å². The second-order valence-electron chi connectivity index (χ2n) is 5.28. The Morgan fingerprint density at radius 1 is 1.40 bits per heavy atom. The standard InChI is InChI=1S/C13H28N2/c1-6-10(2)12(4)15-8-7-13(14-5)11(3)9-15/h10-14H,6-9H2,1-5H3. The predicted molar refractivity (Wildman–Crippen MR) is 67.1 cm³/mol. The largest absolute Gasteiger partial charge is 0.317 e. The van der Waals surface area contributed by atoms with Crippen molar-refractivity contribution in [3.8, 4) is 0 Å². The summed E-state index contributed by atoms with van der Waals surface area (Å²) in [6, 6.07) is 1.47. The van der Waals surface area contributed by atoms with Crippen LogP contribution in [0, 0.1) is 11.8 Å². The average molecular weight is 212 g/mol. The van der Waals surface area contributed by atoms with Gasteiger partial charge in [0.1, 0.15) is 0 Å². The molecule has 1 fully saturated rings. The zero-order valence-electron chi connectivity index (χ0n) is 11.1. The molecule has 0 aromatic rings. The quantitative estimate of drug-likeness (QED) is 0.769. The fourth-order valence-electron chi connectivity index (χ4n) is 2.68. The van der Waals surface area contributed by atoms with E-state index in [0.29, 0.717) is 0 Å². The summed E-state index contributed by atoms with van der Waals surface area (Å²) in [5.41, 5.74) is 0. The summed E-state index contributed by atoms with van der Waals surface area (Å²) in [6.45, 7) is 12.0. The monoisotopic (exact) mass is 212 g/mol. The lowest BCUT2D eigenvalue weighted by molar-refractivity contribution is 0.0868. The number of nitrogens with zero attached hydrogens (tertiary/aromatic N) is 1. The van der Waals surface area contributed by atoms with E-state index >= 15 is 0 Å². The zero-order chi connectivity index (χ0) is 11.4. The molecule has 2 nitrogen and oxygen atoms in total. The van der Waals surface area contributed by atoms with Gasteiger partial charge < -0.3 is 10.2 Å². The first-order valence-corrected chi connectivity index (χ1v) is 6.51. The highest BCUT2D eigenvalue weighted by Crippen LogP contribution is 2.22. The number of piperidine rings is 1. The van der Waals surface area contributed by atoms with Gasteiger partial charge in [0.25, 0.3) is 0 Å². The number of rotatable bonds is 4. The first-order chi connectivity index (χ1) is 7.10. The van der Waals surface area contributed by atoms with Gasteiger partial charge in [-0.15, -0.1) is 0 Å². The third-order valence-electron chi connectivity index (χ3n) is 4.35. The fourth-order valence-corrected chi connectivity index (χ4v) is 2.68. The molecule has 0 aromatic carbocycles. The van der Waals surface area contributed by atoms with Crippen molar-refractivity contribution < 1.29 is 0 Å². The summed E-state index contributed by atoms with van der Waals surface area (Å²) in [5.74, 6) is 1.61. The summed E-state index contributed by atoms with van der Waals surface area (Å²) >= 11 is 0. The lowest BCUT2D eigenvalue weighted by atomic mass is 9.90. The highest BCUT2D eigenvalue weighted by Gasteiger charge is 2.28. The molecule has 90 valence electrons. The van der Waals surface area contributed by atoms with Crippen LogP contribution in [0.5, 0.6) is 0 Å². The molecule has 0 aliphatic carbocycles. The second kappa shape index (κ2) is 5.86. The lowest BCUT2D eigenvalue weighted by Crippen LogP contribution is -2.51. The SMILES string of the molecule is CCC(C)C(C)N1CCC(NC)C(C)C1. The van der Waals surface area contributed by atoms with Crippen molar-refractivity contribution >= 4 is 0 Å². The van der Waals surface area contributed by atoms with E-state index in [1.807, 2.05) is 0 Å². The van der Waals surface area contributed by atoms with Gasteiger partial charge >= 0.3 is 0 Å². The van der Waals surface area contributed by atoms with E-state index in [9.17, 15) is 0 Å². The molecule has 1 saturated heterocycles. The van der Waals surface area contributed by atoms with Crippen LogP contribution in [-0.4, -0.2) is 37.1 Å². The fraction of sp³-hybridized carbons (Fsp3) is 1.00. The van der Waals surface area contributed by atoms with Gasteiger partial charge in [-0.25, -0.2) is 0 Å². The molecule has 0 aromatic heterocycles. The van der Waals surface area contributed by atoms with Crippen LogP contribution in [0.15, 0.2) is 0 Å². The number of nitrogens with one attached hydrogen (secondary N) is 1. The molecule has 1 aliphatic rings.